The fourth-order valence-corrected chi connectivity index (χ4v) is 6.54. The quantitative estimate of drug-likeness (QED) is 0.662. The number of fused-ring (bicyclic) bond motifs is 1. The summed E-state index contributed by atoms with van der Waals surface area (Å²) < 4.78 is 33.8. The Balaban J connectivity index is 1.59. The van der Waals surface area contributed by atoms with Gasteiger partial charge < -0.3 is 9.84 Å². The average molecular weight is 483 g/mol. The lowest BCUT2D eigenvalue weighted by atomic mass is 9.74. The summed E-state index contributed by atoms with van der Waals surface area (Å²) in [4.78, 5) is 2.57. The third-order valence-corrected chi connectivity index (χ3v) is 8.71. The molecule has 1 N–H and O–H groups in total. The SMILES string of the molecule is COc1ccc(S(=O)(=O)N2CCCCN3[C@H](C2)[C@H](c2ccc(C#CC(C)C)cc2)[C@@H]3CO)cc1. The standard InChI is InChI=1S/C27H34N2O4S/c1-20(2)6-7-21-8-10-22(11-9-21)27-25-18-28(16-4-5-17-29(25)26(27)19-30)34(31,32)24-14-12-23(33-3)13-15-24/h8-15,20,25-27,30H,4-5,16-19H2,1-3H3/t25-,26+,27+/m1/s1. The van der Waals surface area contributed by atoms with E-state index in [-0.39, 0.29) is 29.5 Å². The number of ether oxygens (including phenoxy) is 1. The monoisotopic (exact) mass is 482 g/mol. The van der Waals surface area contributed by atoms with Crippen LogP contribution in [0.3, 0.4) is 0 Å². The Kier molecular flexibility index (Phi) is 7.63. The van der Waals surface area contributed by atoms with Crippen LogP contribution in [0.2, 0.25) is 0 Å². The third kappa shape index (κ3) is 5.01. The van der Waals surface area contributed by atoms with E-state index in [2.05, 4.69) is 42.7 Å². The topological polar surface area (TPSA) is 70.1 Å². The first-order valence-corrected chi connectivity index (χ1v) is 13.4. The normalized spacial score (nSPS) is 23.7. The molecular formula is C27H34N2O4S. The average Bonchev–Trinajstić information content (AvgIpc) is 2.82. The van der Waals surface area contributed by atoms with Gasteiger partial charge >= 0.3 is 0 Å². The van der Waals surface area contributed by atoms with Gasteiger partial charge in [0.1, 0.15) is 5.75 Å². The first-order chi connectivity index (χ1) is 16.3. The molecule has 0 amide bonds. The minimum absolute atomic E-state index is 0.00115. The number of methoxy groups -OCH3 is 1. The largest absolute Gasteiger partial charge is 0.497 e. The number of hydrogen-bond donors (Lipinski definition) is 1. The predicted molar refractivity (Wildman–Crippen MR) is 133 cm³/mol. The molecule has 4 rings (SSSR count). The van der Waals surface area contributed by atoms with E-state index >= 15 is 0 Å². The Bertz CT molecular complexity index is 1130. The van der Waals surface area contributed by atoms with Crippen molar-refractivity contribution < 1.29 is 18.3 Å². The van der Waals surface area contributed by atoms with Crippen LogP contribution in [0.15, 0.2) is 53.4 Å². The number of hydrogen-bond acceptors (Lipinski definition) is 5. The molecule has 7 heteroatoms. The van der Waals surface area contributed by atoms with E-state index in [4.69, 9.17) is 4.74 Å². The van der Waals surface area contributed by atoms with E-state index in [0.717, 1.165) is 30.5 Å². The maximum Gasteiger partial charge on any atom is 0.243 e. The number of sulfonamides is 1. The molecule has 0 aliphatic carbocycles. The summed E-state index contributed by atoms with van der Waals surface area (Å²) in [5.74, 6) is 7.39. The molecule has 2 heterocycles. The molecule has 34 heavy (non-hydrogen) atoms. The van der Waals surface area contributed by atoms with Crippen molar-refractivity contribution in [1.82, 2.24) is 9.21 Å². The highest BCUT2D eigenvalue weighted by molar-refractivity contribution is 7.89. The van der Waals surface area contributed by atoms with Crippen molar-refractivity contribution in [3.8, 4) is 17.6 Å². The second-order valence-electron chi connectivity index (χ2n) is 9.37. The molecule has 2 aliphatic heterocycles. The maximum atomic E-state index is 13.5. The van der Waals surface area contributed by atoms with E-state index in [9.17, 15) is 13.5 Å². The molecule has 0 radical (unpaired) electrons. The van der Waals surface area contributed by atoms with E-state index in [0.29, 0.717) is 24.8 Å². The van der Waals surface area contributed by atoms with Gasteiger partial charge in [-0.05, 0) is 61.3 Å². The number of aliphatic hydroxyl groups excluding tert-OH is 1. The molecule has 6 nitrogen and oxygen atoms in total. The van der Waals surface area contributed by atoms with Gasteiger partial charge in [-0.15, -0.1) is 0 Å². The summed E-state index contributed by atoms with van der Waals surface area (Å²) in [6.45, 7) is 5.97. The Morgan fingerprint density at radius 2 is 1.74 bits per heavy atom. The zero-order chi connectivity index (χ0) is 24.3. The first kappa shape index (κ1) is 24.7. The van der Waals surface area contributed by atoms with Crippen molar-refractivity contribution >= 4 is 10.0 Å². The number of rotatable bonds is 5. The van der Waals surface area contributed by atoms with Crippen LogP contribution in [-0.2, 0) is 10.0 Å². The molecule has 0 aromatic heterocycles. The van der Waals surface area contributed by atoms with Crippen LogP contribution < -0.4 is 4.74 Å². The zero-order valence-electron chi connectivity index (χ0n) is 20.1. The Hall–Kier alpha value is -2.37. The second-order valence-corrected chi connectivity index (χ2v) is 11.3. The summed E-state index contributed by atoms with van der Waals surface area (Å²) >= 11 is 0. The molecule has 0 bridgehead atoms. The lowest BCUT2D eigenvalue weighted by molar-refractivity contribution is -0.0553. The van der Waals surface area contributed by atoms with Gasteiger partial charge in [-0.1, -0.05) is 37.8 Å². The number of benzene rings is 2. The fraction of sp³-hybridized carbons (Fsp3) is 0.481. The fourth-order valence-electron chi connectivity index (χ4n) is 5.04. The van der Waals surface area contributed by atoms with Crippen molar-refractivity contribution in [3.63, 3.8) is 0 Å². The smallest absolute Gasteiger partial charge is 0.243 e. The molecule has 0 unspecified atom stereocenters. The van der Waals surface area contributed by atoms with Crippen molar-refractivity contribution in [2.24, 2.45) is 5.92 Å². The van der Waals surface area contributed by atoms with Gasteiger partial charge in [0.25, 0.3) is 0 Å². The summed E-state index contributed by atoms with van der Waals surface area (Å²) in [6.07, 6.45) is 1.70. The number of aliphatic hydroxyl groups is 1. The predicted octanol–water partition coefficient (Wildman–Crippen LogP) is 3.32. The lowest BCUT2D eigenvalue weighted by Gasteiger charge is -2.57. The third-order valence-electron chi connectivity index (χ3n) is 6.83. The van der Waals surface area contributed by atoms with E-state index < -0.39 is 10.0 Å². The van der Waals surface area contributed by atoms with Crippen LogP contribution in [0.25, 0.3) is 0 Å². The minimum atomic E-state index is -3.63. The van der Waals surface area contributed by atoms with Gasteiger partial charge in [0, 0.05) is 42.6 Å². The minimum Gasteiger partial charge on any atom is -0.497 e. The van der Waals surface area contributed by atoms with Crippen molar-refractivity contribution in [2.45, 2.75) is 49.6 Å². The van der Waals surface area contributed by atoms with Crippen LogP contribution in [-0.4, -0.2) is 68.2 Å². The maximum absolute atomic E-state index is 13.5. The first-order valence-electron chi connectivity index (χ1n) is 12.0. The van der Waals surface area contributed by atoms with Gasteiger partial charge in [-0.25, -0.2) is 8.42 Å². The zero-order valence-corrected chi connectivity index (χ0v) is 21.0. The molecule has 2 fully saturated rings. The molecule has 3 atom stereocenters. The summed E-state index contributed by atoms with van der Waals surface area (Å²) in [6, 6.07) is 14.8. The highest BCUT2D eigenvalue weighted by Crippen LogP contribution is 2.42. The highest BCUT2D eigenvalue weighted by Gasteiger charge is 2.50. The summed E-state index contributed by atoms with van der Waals surface area (Å²) in [5.41, 5.74) is 2.09. The molecule has 2 saturated heterocycles. The molecule has 2 aliphatic rings. The van der Waals surface area contributed by atoms with Crippen molar-refractivity contribution in [3.05, 3.63) is 59.7 Å². The Morgan fingerprint density at radius 1 is 1.06 bits per heavy atom. The van der Waals surface area contributed by atoms with Gasteiger partial charge in [0.05, 0.1) is 18.6 Å². The van der Waals surface area contributed by atoms with Gasteiger partial charge in [-0.2, -0.15) is 4.31 Å². The second kappa shape index (κ2) is 10.5. The van der Waals surface area contributed by atoms with Gasteiger partial charge in [-0.3, -0.25) is 4.90 Å². The Morgan fingerprint density at radius 3 is 2.35 bits per heavy atom. The lowest BCUT2D eigenvalue weighted by Crippen LogP contribution is -2.67. The molecule has 2 aromatic rings. The number of nitrogens with zero attached hydrogens (tertiary/aromatic N) is 2. The Labute approximate surface area is 203 Å². The molecular weight excluding hydrogens is 448 g/mol. The summed E-state index contributed by atoms with van der Waals surface area (Å²) in [7, 11) is -2.07. The van der Waals surface area contributed by atoms with E-state index in [1.54, 1.807) is 35.7 Å². The van der Waals surface area contributed by atoms with Crippen LogP contribution in [0.4, 0.5) is 0 Å². The van der Waals surface area contributed by atoms with Crippen LogP contribution >= 0.6 is 0 Å². The van der Waals surface area contributed by atoms with E-state index in [1.165, 1.54) is 0 Å². The van der Waals surface area contributed by atoms with E-state index in [1.807, 2.05) is 12.1 Å². The van der Waals surface area contributed by atoms with Gasteiger partial charge in [0.15, 0.2) is 0 Å². The van der Waals surface area contributed by atoms with Crippen LogP contribution in [0.5, 0.6) is 5.75 Å². The molecule has 182 valence electrons. The van der Waals surface area contributed by atoms with Crippen LogP contribution in [0, 0.1) is 17.8 Å². The van der Waals surface area contributed by atoms with Crippen molar-refractivity contribution in [2.75, 3.05) is 33.4 Å². The van der Waals surface area contributed by atoms with Crippen LogP contribution in [0.1, 0.15) is 43.7 Å². The van der Waals surface area contributed by atoms with Crippen molar-refractivity contribution in [1.29, 1.82) is 0 Å². The summed E-state index contributed by atoms with van der Waals surface area (Å²) in [5, 5.41) is 10.2. The molecule has 0 spiro atoms. The molecule has 2 aromatic carbocycles. The highest BCUT2D eigenvalue weighted by atomic mass is 32.2. The molecule has 0 saturated carbocycles. The van der Waals surface area contributed by atoms with Gasteiger partial charge in [0.2, 0.25) is 10.0 Å².